The topological polar surface area (TPSA) is 66.5 Å². The molecule has 1 aliphatic heterocycles. The molecule has 1 aromatic rings. The fraction of sp³-hybridized carbons (Fsp3) is 0.588. The summed E-state index contributed by atoms with van der Waals surface area (Å²) in [5, 5.41) is 3.47. The SMILES string of the molecule is CC(C)C(C)NC(=O)C1CCN(S(=O)(=O)c2cc(Cl)ccc2Cl)CC1. The summed E-state index contributed by atoms with van der Waals surface area (Å²) in [6.45, 7) is 6.66. The zero-order valence-electron chi connectivity index (χ0n) is 14.6. The predicted octanol–water partition coefficient (Wildman–Crippen LogP) is 3.55. The fourth-order valence-corrected chi connectivity index (χ4v) is 4.89. The number of rotatable bonds is 5. The maximum Gasteiger partial charge on any atom is 0.244 e. The second-order valence-corrected chi connectivity index (χ2v) is 9.54. The van der Waals surface area contributed by atoms with Crippen LogP contribution >= 0.6 is 23.2 Å². The third-order valence-corrected chi connectivity index (χ3v) is 7.32. The van der Waals surface area contributed by atoms with Crippen LogP contribution in [0.1, 0.15) is 33.6 Å². The largest absolute Gasteiger partial charge is 0.353 e. The highest BCUT2D eigenvalue weighted by atomic mass is 35.5. The molecule has 0 bridgehead atoms. The Bertz CT molecular complexity index is 729. The fourth-order valence-electron chi connectivity index (χ4n) is 2.68. The van der Waals surface area contributed by atoms with E-state index in [4.69, 9.17) is 23.2 Å². The van der Waals surface area contributed by atoms with Gasteiger partial charge in [-0.05, 0) is 43.9 Å². The van der Waals surface area contributed by atoms with E-state index < -0.39 is 10.0 Å². The molecule has 0 radical (unpaired) electrons. The Morgan fingerprint density at radius 2 is 1.80 bits per heavy atom. The number of hydrogen-bond acceptors (Lipinski definition) is 3. The molecule has 1 aromatic carbocycles. The number of amides is 1. The molecule has 1 saturated heterocycles. The number of sulfonamides is 1. The second-order valence-electron chi connectivity index (χ2n) is 6.79. The molecule has 1 amide bonds. The van der Waals surface area contributed by atoms with Crippen molar-refractivity contribution in [2.75, 3.05) is 13.1 Å². The van der Waals surface area contributed by atoms with E-state index in [0.717, 1.165) is 0 Å². The molecular formula is C17H24Cl2N2O3S. The summed E-state index contributed by atoms with van der Waals surface area (Å²) in [7, 11) is -3.72. The smallest absolute Gasteiger partial charge is 0.244 e. The van der Waals surface area contributed by atoms with Gasteiger partial charge in [-0.2, -0.15) is 4.31 Å². The molecule has 1 heterocycles. The molecule has 8 heteroatoms. The highest BCUT2D eigenvalue weighted by Gasteiger charge is 2.33. The Morgan fingerprint density at radius 1 is 1.20 bits per heavy atom. The molecule has 0 aliphatic carbocycles. The summed E-state index contributed by atoms with van der Waals surface area (Å²) in [5.74, 6) is 0.191. The van der Waals surface area contributed by atoms with Crippen molar-refractivity contribution < 1.29 is 13.2 Å². The quantitative estimate of drug-likeness (QED) is 0.812. The number of nitrogens with one attached hydrogen (secondary N) is 1. The summed E-state index contributed by atoms with van der Waals surface area (Å²) < 4.78 is 26.9. The molecule has 1 aliphatic rings. The lowest BCUT2D eigenvalue weighted by Crippen LogP contribution is -2.45. The minimum Gasteiger partial charge on any atom is -0.353 e. The first kappa shape index (κ1) is 20.5. The van der Waals surface area contributed by atoms with Gasteiger partial charge in [0.15, 0.2) is 0 Å². The zero-order chi connectivity index (χ0) is 18.8. The first-order valence-electron chi connectivity index (χ1n) is 8.38. The molecule has 0 spiro atoms. The Kier molecular flexibility index (Phi) is 6.76. The Labute approximate surface area is 159 Å². The molecule has 5 nitrogen and oxygen atoms in total. The first-order chi connectivity index (χ1) is 11.6. The number of halogens is 2. The standard InChI is InChI=1S/C17H24Cl2N2O3S/c1-11(2)12(3)20-17(22)13-6-8-21(9-7-13)25(23,24)16-10-14(18)4-5-15(16)19/h4-5,10-13H,6-9H2,1-3H3,(H,20,22). The Hall–Kier alpha value is -0.820. The number of piperidine rings is 1. The lowest BCUT2D eigenvalue weighted by Gasteiger charge is -2.31. The molecule has 0 saturated carbocycles. The van der Waals surface area contributed by atoms with Crippen molar-refractivity contribution in [2.45, 2.75) is 44.6 Å². The van der Waals surface area contributed by atoms with Crippen LogP contribution in [-0.4, -0.2) is 37.8 Å². The maximum absolute atomic E-state index is 12.8. The number of carbonyl (C=O) groups excluding carboxylic acids is 1. The van der Waals surface area contributed by atoms with Crippen LogP contribution in [0.3, 0.4) is 0 Å². The average molecular weight is 407 g/mol. The van der Waals surface area contributed by atoms with E-state index >= 15 is 0 Å². The van der Waals surface area contributed by atoms with Crippen LogP contribution in [0.25, 0.3) is 0 Å². The van der Waals surface area contributed by atoms with Crippen LogP contribution in [-0.2, 0) is 14.8 Å². The van der Waals surface area contributed by atoms with Crippen molar-refractivity contribution in [3.8, 4) is 0 Å². The van der Waals surface area contributed by atoms with Crippen molar-refractivity contribution >= 4 is 39.1 Å². The molecular weight excluding hydrogens is 383 g/mol. The normalized spacial score (nSPS) is 18.3. The highest BCUT2D eigenvalue weighted by molar-refractivity contribution is 7.89. The van der Waals surface area contributed by atoms with E-state index in [-0.39, 0.29) is 27.8 Å². The summed E-state index contributed by atoms with van der Waals surface area (Å²) in [4.78, 5) is 12.3. The monoisotopic (exact) mass is 406 g/mol. The molecule has 1 N–H and O–H groups in total. The van der Waals surface area contributed by atoms with Crippen LogP contribution in [0.4, 0.5) is 0 Å². The van der Waals surface area contributed by atoms with E-state index in [2.05, 4.69) is 19.2 Å². The van der Waals surface area contributed by atoms with E-state index in [1.165, 1.54) is 16.4 Å². The predicted molar refractivity (Wildman–Crippen MR) is 100 cm³/mol. The van der Waals surface area contributed by atoms with Gasteiger partial charge >= 0.3 is 0 Å². The maximum atomic E-state index is 12.8. The van der Waals surface area contributed by atoms with Crippen LogP contribution in [0.2, 0.25) is 10.0 Å². The average Bonchev–Trinajstić information content (AvgIpc) is 2.56. The summed E-state index contributed by atoms with van der Waals surface area (Å²) in [5.41, 5.74) is 0. The third-order valence-electron chi connectivity index (χ3n) is 4.71. The number of benzene rings is 1. The van der Waals surface area contributed by atoms with Gasteiger partial charge in [-0.15, -0.1) is 0 Å². The van der Waals surface area contributed by atoms with E-state index in [1.54, 1.807) is 6.07 Å². The summed E-state index contributed by atoms with van der Waals surface area (Å²) >= 11 is 11.9. The van der Waals surface area contributed by atoms with Crippen molar-refractivity contribution in [3.05, 3.63) is 28.2 Å². The van der Waals surface area contributed by atoms with Crippen LogP contribution in [0, 0.1) is 11.8 Å². The van der Waals surface area contributed by atoms with Gasteiger partial charge in [0.1, 0.15) is 4.90 Å². The summed E-state index contributed by atoms with van der Waals surface area (Å²) in [6.07, 6.45) is 0.988. The molecule has 140 valence electrons. The number of carbonyl (C=O) groups is 1. The number of hydrogen-bond donors (Lipinski definition) is 1. The minimum atomic E-state index is -3.72. The molecule has 1 unspecified atom stereocenters. The molecule has 25 heavy (non-hydrogen) atoms. The highest BCUT2D eigenvalue weighted by Crippen LogP contribution is 2.30. The second kappa shape index (κ2) is 8.25. The van der Waals surface area contributed by atoms with Gasteiger partial charge in [0.05, 0.1) is 5.02 Å². The Balaban J connectivity index is 2.04. The van der Waals surface area contributed by atoms with Gasteiger partial charge in [0.25, 0.3) is 0 Å². The summed E-state index contributed by atoms with van der Waals surface area (Å²) in [6, 6.07) is 4.49. The molecule has 2 rings (SSSR count). The van der Waals surface area contributed by atoms with Gasteiger partial charge in [0, 0.05) is 30.1 Å². The van der Waals surface area contributed by atoms with E-state index in [9.17, 15) is 13.2 Å². The van der Waals surface area contributed by atoms with Crippen molar-refractivity contribution in [1.29, 1.82) is 0 Å². The molecule has 1 fully saturated rings. The molecule has 1 atom stereocenters. The van der Waals surface area contributed by atoms with Gasteiger partial charge in [-0.3, -0.25) is 4.79 Å². The number of nitrogens with zero attached hydrogens (tertiary/aromatic N) is 1. The van der Waals surface area contributed by atoms with E-state index in [0.29, 0.717) is 36.9 Å². The first-order valence-corrected chi connectivity index (χ1v) is 10.6. The van der Waals surface area contributed by atoms with Crippen LogP contribution in [0.15, 0.2) is 23.1 Å². The Morgan fingerprint density at radius 3 is 2.36 bits per heavy atom. The lowest BCUT2D eigenvalue weighted by molar-refractivity contribution is -0.127. The van der Waals surface area contributed by atoms with Crippen LogP contribution < -0.4 is 5.32 Å². The van der Waals surface area contributed by atoms with Gasteiger partial charge in [-0.25, -0.2) is 8.42 Å². The van der Waals surface area contributed by atoms with Gasteiger partial charge in [-0.1, -0.05) is 37.0 Å². The van der Waals surface area contributed by atoms with Crippen molar-refractivity contribution in [3.63, 3.8) is 0 Å². The van der Waals surface area contributed by atoms with Gasteiger partial charge in [0.2, 0.25) is 15.9 Å². The van der Waals surface area contributed by atoms with Crippen molar-refractivity contribution in [1.82, 2.24) is 9.62 Å². The third kappa shape index (κ3) is 4.88. The molecule has 0 aromatic heterocycles. The van der Waals surface area contributed by atoms with E-state index in [1.807, 2.05) is 6.92 Å². The van der Waals surface area contributed by atoms with Crippen LogP contribution in [0.5, 0.6) is 0 Å². The van der Waals surface area contributed by atoms with Gasteiger partial charge < -0.3 is 5.32 Å². The lowest BCUT2D eigenvalue weighted by atomic mass is 9.96. The zero-order valence-corrected chi connectivity index (χ0v) is 17.0. The van der Waals surface area contributed by atoms with Crippen molar-refractivity contribution in [2.24, 2.45) is 11.8 Å². The minimum absolute atomic E-state index is 0.000893.